The second kappa shape index (κ2) is 8.00. The van der Waals surface area contributed by atoms with E-state index in [9.17, 15) is 13.0 Å². The van der Waals surface area contributed by atoms with E-state index in [4.69, 9.17) is 5.73 Å². The molecular formula is C20H28F2N4OS. The first-order valence-corrected chi connectivity index (χ1v) is 10.7. The van der Waals surface area contributed by atoms with Crippen LogP contribution >= 0.6 is 0 Å². The van der Waals surface area contributed by atoms with Crippen LogP contribution in [0, 0.1) is 11.6 Å². The lowest BCUT2D eigenvalue weighted by molar-refractivity contribution is 0.456. The van der Waals surface area contributed by atoms with Gasteiger partial charge in [-0.3, -0.25) is 0 Å². The van der Waals surface area contributed by atoms with Crippen molar-refractivity contribution in [2.45, 2.75) is 69.8 Å². The molecule has 2 heterocycles. The van der Waals surface area contributed by atoms with Crippen LogP contribution < -0.4 is 10.5 Å². The zero-order chi connectivity index (χ0) is 20.6. The molecule has 5 nitrogen and oxygen atoms in total. The number of imidazole rings is 1. The molecule has 0 radical (unpaired) electrons. The van der Waals surface area contributed by atoms with E-state index in [1.54, 1.807) is 12.3 Å². The molecule has 0 fully saturated rings. The van der Waals surface area contributed by atoms with Crippen LogP contribution in [0.1, 0.15) is 75.6 Å². The second-order valence-electron chi connectivity index (χ2n) is 8.40. The Morgan fingerprint density at radius 1 is 1.32 bits per heavy atom. The van der Waals surface area contributed by atoms with Crippen molar-refractivity contribution < 1.29 is 13.0 Å². The molecule has 0 bridgehead atoms. The van der Waals surface area contributed by atoms with Crippen molar-refractivity contribution in [3.05, 3.63) is 53.1 Å². The van der Waals surface area contributed by atoms with Crippen molar-refractivity contribution in [1.82, 2.24) is 14.3 Å². The van der Waals surface area contributed by atoms with Crippen LogP contribution in [0.4, 0.5) is 8.78 Å². The number of halogens is 2. The molecule has 154 valence electrons. The van der Waals surface area contributed by atoms with Crippen molar-refractivity contribution in [3.63, 3.8) is 0 Å². The van der Waals surface area contributed by atoms with Gasteiger partial charge in [-0.2, -0.15) is 0 Å². The van der Waals surface area contributed by atoms with Crippen LogP contribution in [0.3, 0.4) is 0 Å². The molecule has 0 saturated heterocycles. The molecule has 28 heavy (non-hydrogen) atoms. The molecule has 1 aliphatic heterocycles. The smallest absolute Gasteiger partial charge is 0.162 e. The Morgan fingerprint density at radius 3 is 2.71 bits per heavy atom. The first-order valence-electron chi connectivity index (χ1n) is 9.52. The van der Waals surface area contributed by atoms with Crippen molar-refractivity contribution >= 4 is 11.0 Å². The van der Waals surface area contributed by atoms with Gasteiger partial charge in [-0.1, -0.05) is 12.1 Å². The lowest BCUT2D eigenvalue weighted by Gasteiger charge is -2.24. The van der Waals surface area contributed by atoms with Crippen molar-refractivity contribution in [2.75, 3.05) is 0 Å². The average Bonchev–Trinajstić information content (AvgIpc) is 2.96. The Balaban J connectivity index is 1.93. The molecule has 1 aromatic heterocycles. The summed E-state index contributed by atoms with van der Waals surface area (Å²) in [6, 6.07) is 3.78. The monoisotopic (exact) mass is 410 g/mol. The Hall–Kier alpha value is -1.64. The number of nitrogens with one attached hydrogen (secondary N) is 1. The maximum atomic E-state index is 14.4. The minimum atomic E-state index is -1.25. The lowest BCUT2D eigenvalue weighted by Crippen LogP contribution is -2.35. The zero-order valence-corrected chi connectivity index (χ0v) is 17.5. The van der Waals surface area contributed by atoms with Crippen LogP contribution in [0.25, 0.3) is 0 Å². The van der Waals surface area contributed by atoms with Crippen LogP contribution in [-0.2, 0) is 17.5 Å². The summed E-state index contributed by atoms with van der Waals surface area (Å²) in [5, 5.41) is 0. The minimum absolute atomic E-state index is 0.212. The Morgan fingerprint density at radius 2 is 2.04 bits per heavy atom. The van der Waals surface area contributed by atoms with Gasteiger partial charge in [0.1, 0.15) is 5.82 Å². The number of fused-ring (bicyclic) bond motifs is 1. The molecule has 2 unspecified atom stereocenters. The summed E-state index contributed by atoms with van der Waals surface area (Å²) in [5.74, 6) is -1.13. The predicted octanol–water partition coefficient (Wildman–Crippen LogP) is 3.85. The quantitative estimate of drug-likeness (QED) is 0.804. The number of nitrogens with two attached hydrogens (primary N) is 1. The molecule has 0 saturated carbocycles. The molecule has 0 spiro atoms. The molecule has 2 aromatic rings. The Bertz CT molecular complexity index is 878. The van der Waals surface area contributed by atoms with E-state index in [1.165, 1.54) is 6.07 Å². The molecule has 1 aromatic carbocycles. The SMILES string of the molecule is CC(NS(=O)C(C)(C)C)c1cnc2n1C[C@H](c1cccc(F)c1F)CC[C@H]2N. The van der Waals surface area contributed by atoms with Gasteiger partial charge in [-0.15, -0.1) is 0 Å². The van der Waals surface area contributed by atoms with E-state index in [1.807, 2.05) is 32.3 Å². The van der Waals surface area contributed by atoms with Crippen LogP contribution in [0.2, 0.25) is 0 Å². The number of hydrogen-bond acceptors (Lipinski definition) is 3. The largest absolute Gasteiger partial charge is 0.329 e. The Kier molecular flexibility index (Phi) is 6.03. The summed E-state index contributed by atoms with van der Waals surface area (Å²) >= 11 is 0. The molecule has 1 aliphatic rings. The second-order valence-corrected chi connectivity index (χ2v) is 10.4. The fourth-order valence-electron chi connectivity index (χ4n) is 3.55. The van der Waals surface area contributed by atoms with Gasteiger partial charge in [0, 0.05) is 12.5 Å². The van der Waals surface area contributed by atoms with Gasteiger partial charge < -0.3 is 10.3 Å². The van der Waals surface area contributed by atoms with Crippen LogP contribution in [0.5, 0.6) is 0 Å². The number of nitrogens with zero attached hydrogens (tertiary/aromatic N) is 2. The Labute approximate surface area is 167 Å². The van der Waals surface area contributed by atoms with Gasteiger partial charge >= 0.3 is 0 Å². The maximum absolute atomic E-state index is 14.4. The fourth-order valence-corrected chi connectivity index (χ4v) is 4.35. The average molecular weight is 411 g/mol. The summed E-state index contributed by atoms with van der Waals surface area (Å²) in [4.78, 5) is 4.49. The third-order valence-corrected chi connectivity index (χ3v) is 6.86. The number of aromatic nitrogens is 2. The van der Waals surface area contributed by atoms with Crippen molar-refractivity contribution in [2.24, 2.45) is 5.73 Å². The van der Waals surface area contributed by atoms with E-state index in [-0.39, 0.29) is 18.0 Å². The summed E-state index contributed by atoms with van der Waals surface area (Å²) in [6.07, 6.45) is 3.00. The van der Waals surface area contributed by atoms with Gasteiger partial charge in [0.05, 0.1) is 39.7 Å². The van der Waals surface area contributed by atoms with Crippen LogP contribution in [0.15, 0.2) is 24.4 Å². The standard InChI is InChI=1S/C20H28F2N4OS/c1-12(25-28(27)20(2,3)4)17-10-24-19-16(23)9-8-13(11-26(17)19)14-6-5-7-15(21)18(14)22/h5-7,10,12-13,16,25H,8-9,11,23H2,1-4H3/t12?,13-,16-,28?/m1/s1. The predicted molar refractivity (Wildman–Crippen MR) is 107 cm³/mol. The first kappa shape index (κ1) is 21.1. The molecule has 0 aliphatic carbocycles. The molecule has 3 N–H and O–H groups in total. The summed E-state index contributed by atoms with van der Waals surface area (Å²) in [6.45, 7) is 8.07. The number of hydrogen-bond donors (Lipinski definition) is 2. The van der Waals surface area contributed by atoms with Crippen LogP contribution in [-0.4, -0.2) is 18.5 Å². The maximum Gasteiger partial charge on any atom is 0.162 e. The minimum Gasteiger partial charge on any atom is -0.329 e. The van der Waals surface area contributed by atoms with E-state index in [0.717, 1.165) is 17.6 Å². The van der Waals surface area contributed by atoms with E-state index >= 15 is 0 Å². The molecule has 4 atom stereocenters. The normalized spacial score (nSPS) is 22.4. The van der Waals surface area contributed by atoms with Gasteiger partial charge in [-0.05, 0) is 52.2 Å². The van der Waals surface area contributed by atoms with E-state index in [0.29, 0.717) is 24.9 Å². The fraction of sp³-hybridized carbons (Fsp3) is 0.550. The van der Waals surface area contributed by atoms with Gasteiger partial charge in [0.2, 0.25) is 0 Å². The van der Waals surface area contributed by atoms with Gasteiger partial charge in [0.25, 0.3) is 0 Å². The van der Waals surface area contributed by atoms with Crippen molar-refractivity contribution in [1.29, 1.82) is 0 Å². The first-order chi connectivity index (χ1) is 13.1. The molecular weight excluding hydrogens is 382 g/mol. The topological polar surface area (TPSA) is 72.9 Å². The summed E-state index contributed by atoms with van der Waals surface area (Å²) < 4.78 is 45.3. The molecule has 3 rings (SSSR count). The highest BCUT2D eigenvalue weighted by Crippen LogP contribution is 2.35. The van der Waals surface area contributed by atoms with Gasteiger partial charge in [0.15, 0.2) is 11.6 Å². The lowest BCUT2D eigenvalue weighted by atomic mass is 9.93. The number of rotatable bonds is 4. The van der Waals surface area contributed by atoms with E-state index in [2.05, 4.69) is 9.71 Å². The third-order valence-electron chi connectivity index (χ3n) is 5.18. The molecule has 0 amide bonds. The van der Waals surface area contributed by atoms with E-state index < -0.39 is 27.4 Å². The molecule has 8 heteroatoms. The van der Waals surface area contributed by atoms with Crippen molar-refractivity contribution in [3.8, 4) is 0 Å². The number of benzene rings is 1. The highest BCUT2D eigenvalue weighted by atomic mass is 32.2. The third kappa shape index (κ3) is 4.18. The zero-order valence-electron chi connectivity index (χ0n) is 16.7. The highest BCUT2D eigenvalue weighted by molar-refractivity contribution is 7.84. The highest BCUT2D eigenvalue weighted by Gasteiger charge is 2.30. The van der Waals surface area contributed by atoms with Gasteiger partial charge in [-0.25, -0.2) is 22.7 Å². The summed E-state index contributed by atoms with van der Waals surface area (Å²) in [5.41, 5.74) is 7.51. The summed E-state index contributed by atoms with van der Waals surface area (Å²) in [7, 11) is -1.25.